The molecular formula is C17H31NO. The predicted molar refractivity (Wildman–Crippen MR) is 79.1 cm³/mol. The first kappa shape index (κ1) is 13.9. The maximum Gasteiger partial charge on any atom is 0.0474 e. The molecule has 19 heavy (non-hydrogen) atoms. The second-order valence-electron chi connectivity index (χ2n) is 7.37. The van der Waals surface area contributed by atoms with E-state index in [9.17, 15) is 5.11 Å². The molecular weight excluding hydrogens is 234 g/mol. The summed E-state index contributed by atoms with van der Waals surface area (Å²) in [6.45, 7) is 0.386. The summed E-state index contributed by atoms with van der Waals surface area (Å²) >= 11 is 0. The molecule has 0 aromatic heterocycles. The highest BCUT2D eigenvalue weighted by Crippen LogP contribution is 2.48. The van der Waals surface area contributed by atoms with E-state index >= 15 is 0 Å². The Morgan fingerprint density at radius 2 is 1.58 bits per heavy atom. The third-order valence-corrected chi connectivity index (χ3v) is 6.31. The summed E-state index contributed by atoms with van der Waals surface area (Å²) in [5.41, 5.74) is 0.624. The lowest BCUT2D eigenvalue weighted by atomic mass is 9.62. The molecule has 3 saturated carbocycles. The molecule has 0 heterocycles. The van der Waals surface area contributed by atoms with Crippen molar-refractivity contribution < 1.29 is 5.11 Å². The van der Waals surface area contributed by atoms with Crippen LogP contribution < -0.4 is 5.32 Å². The highest BCUT2D eigenvalue weighted by Gasteiger charge is 2.42. The van der Waals surface area contributed by atoms with Crippen molar-refractivity contribution in [2.75, 3.05) is 6.61 Å². The van der Waals surface area contributed by atoms with Crippen molar-refractivity contribution in [2.45, 2.75) is 89.1 Å². The first-order valence-electron chi connectivity index (χ1n) is 8.71. The minimum Gasteiger partial charge on any atom is -0.396 e. The van der Waals surface area contributed by atoms with Crippen LogP contribution in [0.25, 0.3) is 0 Å². The number of aliphatic hydroxyl groups is 1. The van der Waals surface area contributed by atoms with E-state index < -0.39 is 0 Å². The fourth-order valence-electron chi connectivity index (χ4n) is 5.15. The fraction of sp³-hybridized carbons (Fsp3) is 1.00. The lowest BCUT2D eigenvalue weighted by molar-refractivity contribution is 0.0603. The smallest absolute Gasteiger partial charge is 0.0474 e. The number of nitrogens with one attached hydrogen (secondary N) is 1. The van der Waals surface area contributed by atoms with Crippen LogP contribution in [0.15, 0.2) is 0 Å². The highest BCUT2D eigenvalue weighted by molar-refractivity contribution is 4.98. The minimum absolute atomic E-state index is 0.386. The third kappa shape index (κ3) is 2.85. The van der Waals surface area contributed by atoms with E-state index in [0.29, 0.717) is 24.0 Å². The standard InChI is InChI=1S/C17H31NO/c19-13-14-7-6-8-15(14)18-16-9-2-5-12-17(16)10-3-1-4-11-17/h14-16,18-19H,1-13H2. The van der Waals surface area contributed by atoms with Gasteiger partial charge in [0.25, 0.3) is 0 Å². The summed E-state index contributed by atoms with van der Waals surface area (Å²) in [6, 6.07) is 1.35. The SMILES string of the molecule is OCC1CCCC1NC1CCCCC12CCCCC2. The highest BCUT2D eigenvalue weighted by atomic mass is 16.3. The summed E-state index contributed by atoms with van der Waals surface area (Å²) in [6.07, 6.45) is 16.8. The lowest BCUT2D eigenvalue weighted by Gasteiger charge is -2.48. The summed E-state index contributed by atoms with van der Waals surface area (Å²) in [4.78, 5) is 0. The van der Waals surface area contributed by atoms with E-state index in [1.165, 1.54) is 77.0 Å². The molecule has 3 fully saturated rings. The van der Waals surface area contributed by atoms with Crippen molar-refractivity contribution in [1.82, 2.24) is 5.32 Å². The Hall–Kier alpha value is -0.0800. The molecule has 0 saturated heterocycles. The minimum atomic E-state index is 0.386. The normalized spacial score (nSPS) is 38.7. The molecule has 0 radical (unpaired) electrons. The molecule has 0 aromatic carbocycles. The molecule has 3 aliphatic carbocycles. The van der Waals surface area contributed by atoms with Crippen molar-refractivity contribution in [3.63, 3.8) is 0 Å². The van der Waals surface area contributed by atoms with E-state index in [1.54, 1.807) is 0 Å². The van der Waals surface area contributed by atoms with Gasteiger partial charge in [-0.1, -0.05) is 38.5 Å². The van der Waals surface area contributed by atoms with Gasteiger partial charge in [-0.05, 0) is 49.9 Å². The van der Waals surface area contributed by atoms with Crippen LogP contribution in [-0.4, -0.2) is 23.8 Å². The Morgan fingerprint density at radius 1 is 0.842 bits per heavy atom. The van der Waals surface area contributed by atoms with Crippen LogP contribution >= 0.6 is 0 Å². The maximum absolute atomic E-state index is 9.53. The van der Waals surface area contributed by atoms with Crippen LogP contribution in [0.2, 0.25) is 0 Å². The molecule has 3 rings (SSSR count). The maximum atomic E-state index is 9.53. The van der Waals surface area contributed by atoms with E-state index in [0.717, 1.165) is 6.04 Å². The quantitative estimate of drug-likeness (QED) is 0.816. The zero-order valence-corrected chi connectivity index (χ0v) is 12.4. The van der Waals surface area contributed by atoms with E-state index in [4.69, 9.17) is 0 Å². The van der Waals surface area contributed by atoms with E-state index in [2.05, 4.69) is 5.32 Å². The number of aliphatic hydroxyl groups excluding tert-OH is 1. The Morgan fingerprint density at radius 3 is 2.32 bits per heavy atom. The Kier molecular flexibility index (Phi) is 4.48. The van der Waals surface area contributed by atoms with Crippen LogP contribution in [0.1, 0.15) is 77.0 Å². The lowest BCUT2D eigenvalue weighted by Crippen LogP contribution is -2.53. The molecule has 0 bridgehead atoms. The van der Waals surface area contributed by atoms with Gasteiger partial charge in [0.2, 0.25) is 0 Å². The molecule has 3 aliphatic rings. The molecule has 2 nitrogen and oxygen atoms in total. The second kappa shape index (κ2) is 6.13. The van der Waals surface area contributed by atoms with Crippen LogP contribution in [0, 0.1) is 11.3 Å². The average molecular weight is 265 g/mol. The van der Waals surface area contributed by atoms with Gasteiger partial charge in [-0.25, -0.2) is 0 Å². The average Bonchev–Trinajstić information content (AvgIpc) is 2.90. The first-order chi connectivity index (χ1) is 9.34. The molecule has 0 aromatic rings. The van der Waals surface area contributed by atoms with Gasteiger partial charge in [0, 0.05) is 18.7 Å². The molecule has 3 unspecified atom stereocenters. The summed E-state index contributed by atoms with van der Waals surface area (Å²) in [7, 11) is 0. The Bertz CT molecular complexity index is 277. The predicted octanol–water partition coefficient (Wildman–Crippen LogP) is 3.63. The largest absolute Gasteiger partial charge is 0.396 e. The molecule has 110 valence electrons. The van der Waals surface area contributed by atoms with Gasteiger partial charge in [-0.15, -0.1) is 0 Å². The number of rotatable bonds is 3. The van der Waals surface area contributed by atoms with Crippen molar-refractivity contribution in [1.29, 1.82) is 0 Å². The van der Waals surface area contributed by atoms with Crippen molar-refractivity contribution in [3.05, 3.63) is 0 Å². The van der Waals surface area contributed by atoms with Gasteiger partial charge in [-0.2, -0.15) is 0 Å². The molecule has 3 atom stereocenters. The van der Waals surface area contributed by atoms with Gasteiger partial charge < -0.3 is 10.4 Å². The van der Waals surface area contributed by atoms with Crippen LogP contribution in [0.4, 0.5) is 0 Å². The molecule has 2 heteroatoms. The van der Waals surface area contributed by atoms with Gasteiger partial charge in [-0.3, -0.25) is 0 Å². The first-order valence-corrected chi connectivity index (χ1v) is 8.71. The summed E-state index contributed by atoms with van der Waals surface area (Å²) in [5, 5.41) is 13.5. The zero-order chi connectivity index (χ0) is 13.1. The Labute approximate surface area is 118 Å². The summed E-state index contributed by atoms with van der Waals surface area (Å²) < 4.78 is 0. The summed E-state index contributed by atoms with van der Waals surface area (Å²) in [5.74, 6) is 0.530. The topological polar surface area (TPSA) is 32.3 Å². The van der Waals surface area contributed by atoms with Crippen molar-refractivity contribution >= 4 is 0 Å². The number of hydrogen-bond acceptors (Lipinski definition) is 2. The van der Waals surface area contributed by atoms with E-state index in [1.807, 2.05) is 0 Å². The number of hydrogen-bond donors (Lipinski definition) is 2. The fourth-order valence-corrected chi connectivity index (χ4v) is 5.15. The van der Waals surface area contributed by atoms with Gasteiger partial charge in [0.1, 0.15) is 0 Å². The molecule has 2 N–H and O–H groups in total. The van der Waals surface area contributed by atoms with Crippen molar-refractivity contribution in [3.8, 4) is 0 Å². The van der Waals surface area contributed by atoms with Gasteiger partial charge in [0.15, 0.2) is 0 Å². The van der Waals surface area contributed by atoms with Gasteiger partial charge in [0.05, 0.1) is 0 Å². The monoisotopic (exact) mass is 265 g/mol. The van der Waals surface area contributed by atoms with Crippen molar-refractivity contribution in [2.24, 2.45) is 11.3 Å². The van der Waals surface area contributed by atoms with Gasteiger partial charge >= 0.3 is 0 Å². The second-order valence-corrected chi connectivity index (χ2v) is 7.37. The van der Waals surface area contributed by atoms with Crippen LogP contribution in [0.3, 0.4) is 0 Å². The molecule has 0 amide bonds. The van der Waals surface area contributed by atoms with E-state index in [-0.39, 0.29) is 0 Å². The van der Waals surface area contributed by atoms with Crippen LogP contribution in [-0.2, 0) is 0 Å². The zero-order valence-electron chi connectivity index (χ0n) is 12.4. The van der Waals surface area contributed by atoms with Crippen LogP contribution in [0.5, 0.6) is 0 Å². The molecule has 0 aliphatic heterocycles. The third-order valence-electron chi connectivity index (χ3n) is 6.31. The molecule has 1 spiro atoms. The Balaban J connectivity index is 1.66.